The summed E-state index contributed by atoms with van der Waals surface area (Å²) in [5.74, 6) is -7.94. The summed E-state index contributed by atoms with van der Waals surface area (Å²) < 4.78 is 35.6. The molecule has 0 aromatic heterocycles. The number of hydrogen-bond acceptors (Lipinski definition) is 14. The van der Waals surface area contributed by atoms with E-state index in [1.165, 1.54) is 12.0 Å². The average Bonchev–Trinajstić information content (AvgIpc) is 3.32. The van der Waals surface area contributed by atoms with E-state index in [0.29, 0.717) is 63.4 Å². The third-order valence-electron chi connectivity index (χ3n) is 14.9. The van der Waals surface area contributed by atoms with Gasteiger partial charge >= 0.3 is 5.97 Å². The van der Waals surface area contributed by atoms with Crippen LogP contribution in [-0.4, -0.2) is 145 Å². The van der Waals surface area contributed by atoms with Crippen LogP contribution in [0.1, 0.15) is 126 Å². The van der Waals surface area contributed by atoms with Crippen LogP contribution >= 0.6 is 0 Å². The van der Waals surface area contributed by atoms with Crippen molar-refractivity contribution in [2.24, 2.45) is 35.5 Å². The van der Waals surface area contributed by atoms with Gasteiger partial charge in [0.05, 0.1) is 43.7 Å². The topological polar surface area (TPSA) is 205 Å². The average molecular weight is 958 g/mol. The lowest BCUT2D eigenvalue weighted by Gasteiger charge is -2.42. The summed E-state index contributed by atoms with van der Waals surface area (Å²) in [6.07, 6.45) is 12.0. The quantitative estimate of drug-likeness (QED) is 0.174. The van der Waals surface area contributed by atoms with Crippen molar-refractivity contribution in [1.82, 2.24) is 4.90 Å². The summed E-state index contributed by atoms with van der Waals surface area (Å²) >= 11 is 0. The zero-order valence-corrected chi connectivity index (χ0v) is 42.4. The van der Waals surface area contributed by atoms with E-state index in [4.69, 9.17) is 28.4 Å². The maximum absolute atomic E-state index is 14.5. The number of fused-ring (bicyclic) bond motifs is 3. The molecule has 15 atom stereocenters. The number of rotatable bonds is 9. The van der Waals surface area contributed by atoms with Crippen molar-refractivity contribution in [1.29, 1.82) is 0 Å². The van der Waals surface area contributed by atoms with Gasteiger partial charge in [0, 0.05) is 58.5 Å². The maximum Gasteiger partial charge on any atom is 0.329 e. The summed E-state index contributed by atoms with van der Waals surface area (Å²) in [5.41, 5.74) is 1.19. The molecule has 1 amide bonds. The van der Waals surface area contributed by atoms with Crippen molar-refractivity contribution < 1.29 is 67.7 Å². The molecule has 2 bridgehead atoms. The summed E-state index contributed by atoms with van der Waals surface area (Å²) in [5, 5.41) is 32.8. The molecule has 1 aliphatic carbocycles. The molecular formula is C53H83NO14. The lowest BCUT2D eigenvalue weighted by molar-refractivity contribution is -0.265. The first-order valence-corrected chi connectivity index (χ1v) is 25.0. The molecule has 3 heterocycles. The first-order valence-electron chi connectivity index (χ1n) is 25.0. The van der Waals surface area contributed by atoms with Crippen LogP contribution in [0.4, 0.5) is 0 Å². The van der Waals surface area contributed by atoms with Crippen molar-refractivity contribution in [2.45, 2.75) is 180 Å². The number of allylic oxidation sites excluding steroid dienone is 6. The van der Waals surface area contributed by atoms with Gasteiger partial charge in [0.2, 0.25) is 5.79 Å². The molecular weight excluding hydrogens is 875 g/mol. The molecule has 15 nitrogen and oxygen atoms in total. The van der Waals surface area contributed by atoms with Gasteiger partial charge in [-0.05, 0) is 107 Å². The number of esters is 1. The number of ketones is 3. The van der Waals surface area contributed by atoms with Crippen LogP contribution < -0.4 is 0 Å². The molecule has 68 heavy (non-hydrogen) atoms. The minimum Gasteiger partial charge on any atom is -0.460 e. The Labute approximate surface area is 405 Å². The molecule has 4 unspecified atom stereocenters. The molecule has 1 saturated carbocycles. The van der Waals surface area contributed by atoms with Crippen LogP contribution in [0, 0.1) is 35.5 Å². The minimum absolute atomic E-state index is 0.0185. The number of piperidine rings is 1. The molecule has 4 aliphatic rings. The zero-order valence-electron chi connectivity index (χ0n) is 42.4. The number of Topliss-reactive ketones (excluding diaryl/α,β-unsaturated/α-hetero) is 3. The van der Waals surface area contributed by atoms with Crippen molar-refractivity contribution in [3.05, 3.63) is 47.6 Å². The number of aliphatic hydroxyl groups is 3. The summed E-state index contributed by atoms with van der Waals surface area (Å²) in [4.78, 5) is 72.1. The fourth-order valence-electron chi connectivity index (χ4n) is 10.5. The van der Waals surface area contributed by atoms with Gasteiger partial charge in [-0.25, -0.2) is 4.79 Å². The van der Waals surface area contributed by atoms with Gasteiger partial charge in [0.15, 0.2) is 11.6 Å². The fourth-order valence-corrected chi connectivity index (χ4v) is 10.5. The highest BCUT2D eigenvalue weighted by molar-refractivity contribution is 6.39. The first-order chi connectivity index (χ1) is 32.3. The van der Waals surface area contributed by atoms with Crippen LogP contribution in [-0.2, 0) is 52.4 Å². The van der Waals surface area contributed by atoms with Gasteiger partial charge in [0.1, 0.15) is 18.2 Å². The number of carbonyl (C=O) groups is 5. The maximum atomic E-state index is 14.5. The van der Waals surface area contributed by atoms with Gasteiger partial charge in [-0.15, -0.1) is 0 Å². The number of ether oxygens (including phenoxy) is 6. The monoisotopic (exact) mass is 958 g/mol. The predicted molar refractivity (Wildman–Crippen MR) is 256 cm³/mol. The van der Waals surface area contributed by atoms with Crippen molar-refractivity contribution in [2.75, 3.05) is 41.1 Å². The van der Waals surface area contributed by atoms with Crippen molar-refractivity contribution in [3.63, 3.8) is 0 Å². The van der Waals surface area contributed by atoms with E-state index < -0.39 is 77.8 Å². The Balaban J connectivity index is 1.70. The van der Waals surface area contributed by atoms with Crippen LogP contribution in [0.5, 0.6) is 0 Å². The van der Waals surface area contributed by atoms with E-state index in [1.54, 1.807) is 41.1 Å². The molecule has 2 saturated heterocycles. The van der Waals surface area contributed by atoms with Crippen molar-refractivity contribution in [3.8, 4) is 0 Å². The highest BCUT2D eigenvalue weighted by Crippen LogP contribution is 2.38. The number of carbonyl (C=O) groups excluding carboxylic acids is 5. The van der Waals surface area contributed by atoms with Gasteiger partial charge in [-0.1, -0.05) is 71.1 Å². The molecule has 0 aromatic carbocycles. The van der Waals surface area contributed by atoms with E-state index in [0.717, 1.165) is 12.0 Å². The standard InChI is InChI=1S/C53H83NO14/c1-32-16-12-11-13-17-33(2)44(63-8)30-40-21-19-38(7)53(62,68-40)50(59)51(60)54-23-15-14-18-41(54)52(61)67-45(35(4)28-39-20-22-43(66-25-24-55)46(29-39)64-9)31-42(56)34(3)27-37(6)48(58)49(65-10)47(57)36(5)26-32/h11-13,16-17,27,32,35-41,43-46,48-49,55,58,62H,14-15,18-26,28-31H2,1-10H3/t32-,35-,36?,37?,38-,39+,40+,41?,43-,44+,45+,46-,48-,49?,53-/m1/s1. The Bertz CT molecular complexity index is 1810. The molecule has 3 aliphatic heterocycles. The SMILES string of the molecule is COC1C(=O)C(C)C[C@H](C)C=CC=CC=C(C)[C@@H](OC)C[C@@H]2CC[C@@H](C)[C@@](O)(O2)C(=O)C(=O)N2CCCCC2C(=O)O[C@H]([C@H](C)C[C@@H]2CC[C@@H](OCCO)[C@H](OC)C2)CC(=O)C(C)=CC(C)[C@H]1O. The predicted octanol–water partition coefficient (Wildman–Crippen LogP) is 6.20. The molecule has 15 heteroatoms. The van der Waals surface area contributed by atoms with E-state index in [1.807, 2.05) is 58.1 Å². The van der Waals surface area contributed by atoms with E-state index in [9.17, 15) is 39.3 Å². The molecule has 4 rings (SSSR count). The second-order valence-corrected chi connectivity index (χ2v) is 20.2. The Morgan fingerprint density at radius 1 is 0.868 bits per heavy atom. The fraction of sp³-hybridized carbons (Fsp3) is 0.755. The Kier molecular flexibility index (Phi) is 22.9. The van der Waals surface area contributed by atoms with Crippen LogP contribution in [0.2, 0.25) is 0 Å². The van der Waals surface area contributed by atoms with E-state index >= 15 is 0 Å². The molecule has 0 spiro atoms. The molecule has 384 valence electrons. The minimum atomic E-state index is -2.43. The van der Waals surface area contributed by atoms with Crippen LogP contribution in [0.3, 0.4) is 0 Å². The number of hydrogen-bond donors (Lipinski definition) is 3. The Morgan fingerprint density at radius 3 is 2.28 bits per heavy atom. The summed E-state index contributed by atoms with van der Waals surface area (Å²) in [6.45, 7) is 12.9. The number of amides is 1. The molecule has 3 N–H and O–H groups in total. The molecule has 0 radical (unpaired) electrons. The second-order valence-electron chi connectivity index (χ2n) is 20.2. The van der Waals surface area contributed by atoms with Crippen molar-refractivity contribution >= 4 is 29.2 Å². The Hall–Kier alpha value is -3.41. The first kappa shape index (κ1) is 57.2. The zero-order chi connectivity index (χ0) is 50.3. The number of nitrogens with zero attached hydrogens (tertiary/aromatic N) is 1. The smallest absolute Gasteiger partial charge is 0.329 e. The van der Waals surface area contributed by atoms with Gasteiger partial charge in [0.25, 0.3) is 11.7 Å². The highest BCUT2D eigenvalue weighted by Gasteiger charge is 2.53. The number of methoxy groups -OCH3 is 3. The van der Waals surface area contributed by atoms with E-state index in [2.05, 4.69) is 0 Å². The Morgan fingerprint density at radius 2 is 1.60 bits per heavy atom. The molecule has 0 aromatic rings. The summed E-state index contributed by atoms with van der Waals surface area (Å²) in [6, 6.07) is -1.15. The lowest BCUT2D eigenvalue weighted by atomic mass is 9.78. The lowest BCUT2D eigenvalue weighted by Crippen LogP contribution is -2.61. The molecule has 3 fully saturated rings. The van der Waals surface area contributed by atoms with E-state index in [-0.39, 0.29) is 74.1 Å². The van der Waals surface area contributed by atoms with Crippen LogP contribution in [0.15, 0.2) is 47.6 Å². The summed E-state index contributed by atoms with van der Waals surface area (Å²) in [7, 11) is 4.59. The number of aliphatic hydroxyl groups excluding tert-OH is 2. The highest BCUT2D eigenvalue weighted by atomic mass is 16.6. The van der Waals surface area contributed by atoms with Gasteiger partial charge in [-0.2, -0.15) is 0 Å². The second kappa shape index (κ2) is 27.3. The third-order valence-corrected chi connectivity index (χ3v) is 14.9. The van der Waals surface area contributed by atoms with Gasteiger partial charge < -0.3 is 48.6 Å². The van der Waals surface area contributed by atoms with Gasteiger partial charge in [-0.3, -0.25) is 19.2 Å². The van der Waals surface area contributed by atoms with Crippen LogP contribution in [0.25, 0.3) is 0 Å². The number of cyclic esters (lactones) is 1. The largest absolute Gasteiger partial charge is 0.460 e. The normalized spacial score (nSPS) is 36.7. The third kappa shape index (κ3) is 15.3.